The number of nitrogens with zero attached hydrogens (tertiary/aromatic N) is 2. The monoisotopic (exact) mass is 445 g/mol. The first-order valence-corrected chi connectivity index (χ1v) is 11.0. The maximum absolute atomic E-state index is 14.2. The minimum absolute atomic E-state index is 0.165. The third-order valence-electron chi connectivity index (χ3n) is 4.56. The summed E-state index contributed by atoms with van der Waals surface area (Å²) in [7, 11) is -1.43. The van der Waals surface area contributed by atoms with E-state index >= 15 is 0 Å². The Morgan fingerprint density at radius 2 is 1.68 bits per heavy atom. The number of nitrogens with one attached hydrogen (secondary N) is 1. The van der Waals surface area contributed by atoms with E-state index < -0.39 is 28.5 Å². The molecule has 3 rings (SSSR count). The van der Waals surface area contributed by atoms with Crippen molar-refractivity contribution in [1.82, 2.24) is 9.62 Å². The van der Waals surface area contributed by atoms with Gasteiger partial charge in [0.25, 0.3) is 0 Å². The summed E-state index contributed by atoms with van der Waals surface area (Å²) in [4.78, 5) is 12.4. The van der Waals surface area contributed by atoms with E-state index in [-0.39, 0.29) is 18.8 Å². The van der Waals surface area contributed by atoms with Crippen molar-refractivity contribution in [1.29, 1.82) is 0 Å². The van der Waals surface area contributed by atoms with Gasteiger partial charge in [0.15, 0.2) is 0 Å². The number of carbonyl (C=O) groups excluding carboxylic acids is 1. The number of anilines is 1. The molecule has 31 heavy (non-hydrogen) atoms. The van der Waals surface area contributed by atoms with Crippen LogP contribution in [0.15, 0.2) is 66.7 Å². The molecule has 3 aromatic rings. The third kappa shape index (κ3) is 5.50. The van der Waals surface area contributed by atoms with Gasteiger partial charge in [0.1, 0.15) is 24.7 Å². The summed E-state index contributed by atoms with van der Waals surface area (Å²) in [5.41, 5.74) is -0.196. The maximum atomic E-state index is 14.2. The first-order chi connectivity index (χ1) is 14.8. The topological polar surface area (TPSA) is 79.0 Å². The molecule has 0 aromatic heterocycles. The first kappa shape index (κ1) is 22.5. The van der Waals surface area contributed by atoms with Gasteiger partial charge in [-0.25, -0.2) is 8.70 Å². The van der Waals surface area contributed by atoms with Crippen LogP contribution < -0.4 is 14.4 Å². The van der Waals surface area contributed by atoms with E-state index in [2.05, 4.69) is 5.32 Å². The van der Waals surface area contributed by atoms with Crippen LogP contribution in [0, 0.1) is 5.82 Å². The predicted octanol–water partition coefficient (Wildman–Crippen LogP) is 2.79. The van der Waals surface area contributed by atoms with Gasteiger partial charge < -0.3 is 10.1 Å². The smallest absolute Gasteiger partial charge is 0.304 e. The average Bonchev–Trinajstić information content (AvgIpc) is 2.75. The van der Waals surface area contributed by atoms with E-state index in [0.29, 0.717) is 5.75 Å². The van der Waals surface area contributed by atoms with Gasteiger partial charge >= 0.3 is 10.2 Å². The summed E-state index contributed by atoms with van der Waals surface area (Å²) >= 11 is 0. The molecular formula is C22H24FN3O4S. The molecule has 0 unspecified atom stereocenters. The second-order valence-corrected chi connectivity index (χ2v) is 9.02. The number of para-hydroxylation sites is 1. The Balaban J connectivity index is 1.60. The Labute approximate surface area is 181 Å². The lowest BCUT2D eigenvalue weighted by atomic mass is 10.1. The number of carbonyl (C=O) groups is 1. The van der Waals surface area contributed by atoms with Crippen molar-refractivity contribution in [2.75, 3.05) is 38.1 Å². The standard InChI is InChI=1S/C22H24FN3O4S/c1-25(2)31(28,29)26(21-10-6-5-9-20(21)23)16-22(27)24-13-14-30-19-12-11-17-7-3-4-8-18(17)15-19/h3-12,15H,13-14,16H2,1-2H3,(H,24,27). The van der Waals surface area contributed by atoms with Crippen LogP contribution in [0.25, 0.3) is 10.8 Å². The van der Waals surface area contributed by atoms with Crippen LogP contribution in [0.4, 0.5) is 10.1 Å². The minimum atomic E-state index is -4.07. The van der Waals surface area contributed by atoms with E-state index in [1.54, 1.807) is 0 Å². The molecule has 1 amide bonds. The zero-order valence-electron chi connectivity index (χ0n) is 17.3. The van der Waals surface area contributed by atoms with Crippen LogP contribution in [0.3, 0.4) is 0 Å². The van der Waals surface area contributed by atoms with Crippen molar-refractivity contribution in [2.24, 2.45) is 0 Å². The summed E-state index contributed by atoms with van der Waals surface area (Å²) in [5.74, 6) is -0.646. The normalized spacial score (nSPS) is 11.5. The highest BCUT2D eigenvalue weighted by molar-refractivity contribution is 7.90. The fourth-order valence-electron chi connectivity index (χ4n) is 2.94. The van der Waals surface area contributed by atoms with Gasteiger partial charge in [-0.2, -0.15) is 12.7 Å². The lowest BCUT2D eigenvalue weighted by Crippen LogP contribution is -2.46. The van der Waals surface area contributed by atoms with Gasteiger partial charge in [-0.1, -0.05) is 42.5 Å². The number of fused-ring (bicyclic) bond motifs is 1. The third-order valence-corrected chi connectivity index (χ3v) is 6.37. The summed E-state index contributed by atoms with van der Waals surface area (Å²) in [5, 5.41) is 4.75. The maximum Gasteiger partial charge on any atom is 0.304 e. The van der Waals surface area contributed by atoms with Crippen LogP contribution in [-0.2, 0) is 15.0 Å². The van der Waals surface area contributed by atoms with E-state index in [4.69, 9.17) is 4.74 Å². The van der Waals surface area contributed by atoms with Crippen molar-refractivity contribution in [3.8, 4) is 5.75 Å². The predicted molar refractivity (Wildman–Crippen MR) is 119 cm³/mol. The molecule has 0 aliphatic heterocycles. The van der Waals surface area contributed by atoms with Gasteiger partial charge in [-0.3, -0.25) is 4.79 Å². The fraction of sp³-hybridized carbons (Fsp3) is 0.227. The van der Waals surface area contributed by atoms with Gasteiger partial charge in [-0.05, 0) is 35.0 Å². The van der Waals surface area contributed by atoms with Crippen molar-refractivity contribution < 1.29 is 22.3 Å². The van der Waals surface area contributed by atoms with Crippen molar-refractivity contribution >= 4 is 32.6 Å². The van der Waals surface area contributed by atoms with E-state index in [1.165, 1.54) is 32.3 Å². The second-order valence-electron chi connectivity index (χ2n) is 6.96. The Morgan fingerprint density at radius 1 is 1.00 bits per heavy atom. The summed E-state index contributed by atoms with van der Waals surface area (Å²) in [6.07, 6.45) is 0. The zero-order chi connectivity index (χ0) is 22.4. The van der Waals surface area contributed by atoms with Gasteiger partial charge in [0.05, 0.1) is 12.2 Å². The summed E-state index contributed by atoms with van der Waals surface area (Å²) < 4.78 is 46.8. The molecular weight excluding hydrogens is 421 g/mol. The SMILES string of the molecule is CN(C)S(=O)(=O)N(CC(=O)NCCOc1ccc2ccccc2c1)c1ccccc1F. The van der Waals surface area contributed by atoms with E-state index in [0.717, 1.165) is 25.4 Å². The summed E-state index contributed by atoms with van der Waals surface area (Å²) in [6, 6.07) is 19.0. The van der Waals surface area contributed by atoms with Gasteiger partial charge in [-0.15, -0.1) is 0 Å². The molecule has 1 N–H and O–H groups in total. The molecule has 0 saturated heterocycles. The molecule has 0 atom stereocenters. The second kappa shape index (κ2) is 9.76. The zero-order valence-corrected chi connectivity index (χ0v) is 18.1. The molecule has 0 radical (unpaired) electrons. The summed E-state index contributed by atoms with van der Waals surface area (Å²) in [6.45, 7) is -0.194. The average molecular weight is 446 g/mol. The number of benzene rings is 3. The number of amides is 1. The van der Waals surface area contributed by atoms with Crippen LogP contribution in [0.5, 0.6) is 5.75 Å². The molecule has 0 fully saturated rings. The Morgan fingerprint density at radius 3 is 2.39 bits per heavy atom. The molecule has 7 nitrogen and oxygen atoms in total. The van der Waals surface area contributed by atoms with Crippen LogP contribution in [-0.4, -0.2) is 52.4 Å². The number of rotatable bonds is 9. The number of hydrogen-bond donors (Lipinski definition) is 1. The van der Waals surface area contributed by atoms with Crippen LogP contribution >= 0.6 is 0 Å². The van der Waals surface area contributed by atoms with E-state index in [9.17, 15) is 17.6 Å². The quantitative estimate of drug-likeness (QED) is 0.514. The molecule has 0 saturated carbocycles. The Kier molecular flexibility index (Phi) is 7.09. The molecule has 0 spiro atoms. The highest BCUT2D eigenvalue weighted by Gasteiger charge is 2.29. The molecule has 0 heterocycles. The molecule has 0 aliphatic rings. The van der Waals surface area contributed by atoms with Crippen molar-refractivity contribution in [3.05, 3.63) is 72.5 Å². The lowest BCUT2D eigenvalue weighted by molar-refractivity contribution is -0.119. The van der Waals surface area contributed by atoms with Gasteiger partial charge in [0, 0.05) is 14.1 Å². The largest absolute Gasteiger partial charge is 0.492 e. The highest BCUT2D eigenvalue weighted by Crippen LogP contribution is 2.23. The number of ether oxygens (including phenoxy) is 1. The van der Waals surface area contributed by atoms with E-state index in [1.807, 2.05) is 42.5 Å². The van der Waals surface area contributed by atoms with Crippen molar-refractivity contribution in [2.45, 2.75) is 0 Å². The Bertz CT molecular complexity index is 1170. The van der Waals surface area contributed by atoms with Crippen LogP contribution in [0.2, 0.25) is 0 Å². The van der Waals surface area contributed by atoms with Crippen LogP contribution in [0.1, 0.15) is 0 Å². The molecule has 9 heteroatoms. The highest BCUT2D eigenvalue weighted by atomic mass is 32.2. The number of halogens is 1. The molecule has 3 aromatic carbocycles. The van der Waals surface area contributed by atoms with Crippen molar-refractivity contribution in [3.63, 3.8) is 0 Å². The molecule has 0 aliphatic carbocycles. The number of hydrogen-bond acceptors (Lipinski definition) is 4. The molecule has 164 valence electrons. The first-order valence-electron chi connectivity index (χ1n) is 9.62. The Hall–Kier alpha value is -3.17. The van der Waals surface area contributed by atoms with Gasteiger partial charge in [0.2, 0.25) is 5.91 Å². The lowest BCUT2D eigenvalue weighted by Gasteiger charge is -2.27. The fourth-order valence-corrected chi connectivity index (χ4v) is 4.02. The molecule has 0 bridgehead atoms. The minimum Gasteiger partial charge on any atom is -0.492 e.